The molecule has 0 aliphatic carbocycles. The number of ketones is 3. The van der Waals surface area contributed by atoms with Crippen LogP contribution in [0, 0.1) is 0 Å². The zero-order valence-electron chi connectivity index (χ0n) is 24.3. The molecule has 1 amide bonds. The van der Waals surface area contributed by atoms with Crippen LogP contribution in [0.1, 0.15) is 52.7 Å². The Labute approximate surface area is 240 Å². The third-order valence-electron chi connectivity index (χ3n) is 5.68. The molecule has 0 saturated carbocycles. The predicted octanol–water partition coefficient (Wildman–Crippen LogP) is 2.25. The minimum Gasteiger partial charge on any atom is -0.298 e. The van der Waals surface area contributed by atoms with Crippen molar-refractivity contribution in [3.05, 3.63) is 83.7 Å². The molecule has 0 spiro atoms. The third-order valence-corrected chi connectivity index (χ3v) is 5.68. The van der Waals surface area contributed by atoms with E-state index < -0.39 is 46.5 Å². The van der Waals surface area contributed by atoms with Crippen LogP contribution in [-0.4, -0.2) is 51.6 Å². The van der Waals surface area contributed by atoms with E-state index in [0.717, 1.165) is 22.3 Å². The largest absolute Gasteiger partial charge is 0.311 e. The molecule has 220 valence electrons. The zero-order valence-corrected chi connectivity index (χ0v) is 24.3. The fraction of sp³-hybridized carbons (Fsp3) is 0.400. The van der Waals surface area contributed by atoms with Crippen LogP contribution >= 0.6 is 0 Å². The van der Waals surface area contributed by atoms with Crippen molar-refractivity contribution in [2.24, 2.45) is 0 Å². The molecule has 0 aromatic heterocycles. The van der Waals surface area contributed by atoms with Gasteiger partial charge in [0, 0.05) is 0 Å². The predicted molar refractivity (Wildman–Crippen MR) is 152 cm³/mol. The van der Waals surface area contributed by atoms with Gasteiger partial charge in [-0.25, -0.2) is 5.01 Å². The summed E-state index contributed by atoms with van der Waals surface area (Å²) in [6, 6.07) is 16.4. The molecule has 0 radical (unpaired) electrons. The minimum atomic E-state index is -1.00. The summed E-state index contributed by atoms with van der Waals surface area (Å²) in [5.74, 6) is -3.41. The smallest absolute Gasteiger partial charge is 0.298 e. The quantitative estimate of drug-likeness (QED) is 0.211. The van der Waals surface area contributed by atoms with Crippen molar-refractivity contribution < 1.29 is 28.9 Å². The first kappa shape index (κ1) is 31.8. The summed E-state index contributed by atoms with van der Waals surface area (Å²) in [6.45, 7) is 10.9. The first-order valence-electron chi connectivity index (χ1n) is 13.4. The molecule has 0 unspecified atom stereocenters. The summed E-state index contributed by atoms with van der Waals surface area (Å²) in [4.78, 5) is 64.0. The Morgan fingerprint density at radius 2 is 1.17 bits per heavy atom. The molecule has 11 heteroatoms. The van der Waals surface area contributed by atoms with Crippen LogP contribution in [0.25, 0.3) is 0 Å². The number of hydrogen-bond acceptors (Lipinski definition) is 10. The third kappa shape index (κ3) is 9.99. The van der Waals surface area contributed by atoms with Crippen LogP contribution in [0.15, 0.2) is 72.6 Å². The lowest BCUT2D eigenvalue weighted by atomic mass is 9.99. The lowest BCUT2D eigenvalue weighted by Crippen LogP contribution is -2.52. The van der Waals surface area contributed by atoms with E-state index in [4.69, 9.17) is 9.68 Å². The number of nitrogens with one attached hydrogen (secondary N) is 4. The van der Waals surface area contributed by atoms with Crippen molar-refractivity contribution >= 4 is 23.3 Å². The Kier molecular flexibility index (Phi) is 10.7. The zero-order chi connectivity index (χ0) is 30.2. The van der Waals surface area contributed by atoms with Gasteiger partial charge in [-0.3, -0.25) is 34.3 Å². The number of hydrogen-bond donors (Lipinski definition) is 4. The van der Waals surface area contributed by atoms with E-state index >= 15 is 0 Å². The molecule has 1 aliphatic rings. The maximum absolute atomic E-state index is 13.3. The first-order valence-corrected chi connectivity index (χ1v) is 13.4. The van der Waals surface area contributed by atoms with Crippen LogP contribution in [0.3, 0.4) is 0 Å². The molecule has 3 rings (SSSR count). The normalized spacial score (nSPS) is 15.1. The summed E-state index contributed by atoms with van der Waals surface area (Å²) in [5.41, 5.74) is 10.7. The van der Waals surface area contributed by atoms with Gasteiger partial charge in [0.25, 0.3) is 0 Å². The van der Waals surface area contributed by atoms with Crippen molar-refractivity contribution in [3.63, 3.8) is 0 Å². The van der Waals surface area contributed by atoms with E-state index in [-0.39, 0.29) is 18.5 Å². The molecule has 11 nitrogen and oxygen atoms in total. The highest BCUT2D eigenvalue weighted by Gasteiger charge is 2.36. The molecule has 2 aromatic carbocycles. The molecule has 0 fully saturated rings. The number of hydroxylamine groups is 2. The van der Waals surface area contributed by atoms with Crippen molar-refractivity contribution in [1.29, 1.82) is 0 Å². The lowest BCUT2D eigenvalue weighted by Gasteiger charge is -2.25. The monoisotopic (exact) mass is 565 g/mol. The van der Waals surface area contributed by atoms with Gasteiger partial charge in [-0.2, -0.15) is 11.0 Å². The number of carbonyl (C=O) groups is 4. The van der Waals surface area contributed by atoms with E-state index in [1.165, 1.54) is 0 Å². The van der Waals surface area contributed by atoms with Crippen LogP contribution in [-0.2, 0) is 41.7 Å². The maximum Gasteiger partial charge on any atom is 0.311 e. The molecule has 2 aromatic rings. The van der Waals surface area contributed by atoms with E-state index in [2.05, 4.69) is 21.9 Å². The summed E-state index contributed by atoms with van der Waals surface area (Å²) in [7, 11) is 0. The molecule has 4 N–H and O–H groups in total. The molecule has 1 aliphatic heterocycles. The van der Waals surface area contributed by atoms with Gasteiger partial charge in [-0.05, 0) is 65.5 Å². The Morgan fingerprint density at radius 3 is 1.61 bits per heavy atom. The number of Topliss-reactive ketones (excluding diaryl/α,β-unsaturated/α-hetero) is 3. The Hall–Kier alpha value is -3.74. The molecule has 1 heterocycles. The molecular weight excluding hydrogens is 526 g/mol. The lowest BCUT2D eigenvalue weighted by molar-refractivity contribution is -0.151. The van der Waals surface area contributed by atoms with Gasteiger partial charge in [0.05, 0.1) is 17.4 Å². The second-order valence-electron chi connectivity index (χ2n) is 11.7. The molecule has 41 heavy (non-hydrogen) atoms. The van der Waals surface area contributed by atoms with Gasteiger partial charge >= 0.3 is 5.91 Å². The number of hydrazine groups is 2. The number of carbonyl (C=O) groups excluding carboxylic acids is 4. The summed E-state index contributed by atoms with van der Waals surface area (Å²) < 4.78 is 0. The highest BCUT2D eigenvalue weighted by Crippen LogP contribution is 2.13. The average Bonchev–Trinajstić information content (AvgIpc) is 3.42. The van der Waals surface area contributed by atoms with Crippen LogP contribution < -0.4 is 21.9 Å². The number of benzene rings is 2. The van der Waals surface area contributed by atoms with Gasteiger partial charge in [-0.15, -0.1) is 5.53 Å². The van der Waals surface area contributed by atoms with E-state index in [1.807, 2.05) is 102 Å². The van der Waals surface area contributed by atoms with Crippen LogP contribution in [0.2, 0.25) is 0 Å². The topological polar surface area (TPSA) is 138 Å². The van der Waals surface area contributed by atoms with Crippen LogP contribution in [0.5, 0.6) is 0 Å². The first-order chi connectivity index (χ1) is 19.2. The number of rotatable bonds is 13. The summed E-state index contributed by atoms with van der Waals surface area (Å²) in [6.07, 6.45) is 1.48. The summed E-state index contributed by atoms with van der Waals surface area (Å²) >= 11 is 0. The van der Waals surface area contributed by atoms with Gasteiger partial charge < -0.3 is 0 Å². The van der Waals surface area contributed by atoms with Crippen molar-refractivity contribution in [2.45, 2.75) is 77.7 Å². The van der Waals surface area contributed by atoms with E-state index in [0.29, 0.717) is 0 Å². The molecular formula is C30H39N5O6. The fourth-order valence-electron chi connectivity index (χ4n) is 3.67. The fourth-order valence-corrected chi connectivity index (χ4v) is 3.67. The van der Waals surface area contributed by atoms with E-state index in [1.54, 1.807) is 0 Å². The molecule has 2 atom stereocenters. The van der Waals surface area contributed by atoms with Gasteiger partial charge in [0.2, 0.25) is 17.3 Å². The second-order valence-corrected chi connectivity index (χ2v) is 11.7. The number of allylic oxidation sites excluding steroid dienone is 1. The Morgan fingerprint density at radius 1 is 0.732 bits per heavy atom. The molecule has 0 bridgehead atoms. The number of nitrogens with zero attached hydrogens (tertiary/aromatic N) is 1. The van der Waals surface area contributed by atoms with Crippen LogP contribution in [0.4, 0.5) is 0 Å². The van der Waals surface area contributed by atoms with Crippen molar-refractivity contribution in [2.75, 3.05) is 0 Å². The van der Waals surface area contributed by atoms with Gasteiger partial charge in [0.15, 0.2) is 0 Å². The SMILES string of the molecule is CC(C)(C)ON[C@@H](Cc1ccccc1)C(=O)C(=O)C1=CN(C(=O)C(=O)[C@H](Cc2ccccc2)NOC(C)(C)C)NN1. The van der Waals surface area contributed by atoms with E-state index in [9.17, 15) is 19.2 Å². The van der Waals surface area contributed by atoms with Crippen molar-refractivity contribution in [3.8, 4) is 0 Å². The highest BCUT2D eigenvalue weighted by atomic mass is 16.7. The van der Waals surface area contributed by atoms with Gasteiger partial charge in [-0.1, -0.05) is 60.7 Å². The van der Waals surface area contributed by atoms with Crippen molar-refractivity contribution in [1.82, 2.24) is 26.9 Å². The highest BCUT2D eigenvalue weighted by molar-refractivity contribution is 6.45. The minimum absolute atomic E-state index is 0.190. The maximum atomic E-state index is 13.3. The summed E-state index contributed by atoms with van der Waals surface area (Å²) in [5, 5.41) is 0.838. The Bertz CT molecular complexity index is 1250. The standard InChI is InChI=1S/C30H39N5O6/c1-29(2,3)40-32-22(17-20-13-9-7-10-14-20)25(36)26(37)24-19-35(34-31-24)28(39)27(38)23(33-41-30(4,5)6)18-21-15-11-8-12-16-21/h7-16,19,22-23,31-34H,17-18H2,1-6H3/t22-,23-/m0/s1. The van der Waals surface area contributed by atoms with Gasteiger partial charge in [0.1, 0.15) is 17.8 Å². The number of amides is 1. The second kappa shape index (κ2) is 13.7. The average molecular weight is 566 g/mol. The Balaban J connectivity index is 1.74. The molecule has 0 saturated heterocycles.